The van der Waals surface area contributed by atoms with Crippen LogP contribution in [0.2, 0.25) is 0 Å². The first-order valence-corrected chi connectivity index (χ1v) is 10.6. The molecule has 3 rings (SSSR count). The molecule has 154 valence electrons. The highest BCUT2D eigenvalue weighted by molar-refractivity contribution is 7.15. The molecule has 0 radical (unpaired) electrons. The Bertz CT molecular complexity index is 768. The molecule has 1 aliphatic heterocycles. The molecule has 10 heteroatoms. The van der Waals surface area contributed by atoms with Gasteiger partial charge in [0.1, 0.15) is 10.5 Å². The zero-order valence-corrected chi connectivity index (χ0v) is 17.3. The fourth-order valence-electron chi connectivity index (χ4n) is 3.84. The predicted octanol–water partition coefficient (Wildman–Crippen LogP) is 2.00. The van der Waals surface area contributed by atoms with E-state index in [1.54, 1.807) is 0 Å². The van der Waals surface area contributed by atoms with Crippen molar-refractivity contribution in [1.82, 2.24) is 20.4 Å². The largest absolute Gasteiger partial charge is 0.378 e. The second kappa shape index (κ2) is 7.75. The van der Waals surface area contributed by atoms with Gasteiger partial charge >= 0.3 is 6.03 Å². The van der Waals surface area contributed by atoms with Crippen LogP contribution in [0.25, 0.3) is 0 Å². The normalized spacial score (nSPS) is 20.7. The lowest BCUT2D eigenvalue weighted by molar-refractivity contribution is -0.139. The molecule has 1 aliphatic carbocycles. The van der Waals surface area contributed by atoms with Crippen molar-refractivity contribution in [3.8, 4) is 0 Å². The molecule has 2 heterocycles. The van der Waals surface area contributed by atoms with Gasteiger partial charge in [-0.25, -0.2) is 4.79 Å². The number of carbonyl (C=O) groups is 3. The van der Waals surface area contributed by atoms with Gasteiger partial charge in [0.15, 0.2) is 5.60 Å². The molecule has 0 aromatic carbocycles. The molecule has 2 fully saturated rings. The van der Waals surface area contributed by atoms with Gasteiger partial charge in [0.25, 0.3) is 11.8 Å². The zero-order chi connectivity index (χ0) is 20.5. The number of rotatable bonds is 7. The SMILES string of the molecule is CCC(CC)c1nnc(NC(=O)C(C)(O)CN2C(=O)NC3(CCCC3)C2=O)s1. The summed E-state index contributed by atoms with van der Waals surface area (Å²) in [5, 5.41) is 25.2. The molecule has 2 aliphatic rings. The van der Waals surface area contributed by atoms with E-state index in [1.165, 1.54) is 18.3 Å². The van der Waals surface area contributed by atoms with E-state index in [-0.39, 0.29) is 17.0 Å². The van der Waals surface area contributed by atoms with Crippen molar-refractivity contribution in [2.75, 3.05) is 11.9 Å². The first-order valence-electron chi connectivity index (χ1n) is 9.73. The molecule has 9 nitrogen and oxygen atoms in total. The molecular weight excluding hydrogens is 382 g/mol. The molecule has 1 atom stereocenters. The average molecular weight is 410 g/mol. The van der Waals surface area contributed by atoms with Gasteiger partial charge in [-0.1, -0.05) is 38.0 Å². The van der Waals surface area contributed by atoms with Crippen LogP contribution in [-0.2, 0) is 9.59 Å². The van der Waals surface area contributed by atoms with E-state index in [4.69, 9.17) is 0 Å². The summed E-state index contributed by atoms with van der Waals surface area (Å²) < 4.78 is 0. The van der Waals surface area contributed by atoms with E-state index in [1.807, 2.05) is 0 Å². The molecule has 0 bridgehead atoms. The number of nitrogens with one attached hydrogen (secondary N) is 2. The Morgan fingerprint density at radius 3 is 2.57 bits per heavy atom. The number of carbonyl (C=O) groups excluding carboxylic acids is 3. The van der Waals surface area contributed by atoms with Crippen LogP contribution in [0.3, 0.4) is 0 Å². The number of hydrogen-bond donors (Lipinski definition) is 3. The van der Waals surface area contributed by atoms with E-state index in [0.29, 0.717) is 12.8 Å². The van der Waals surface area contributed by atoms with Crippen molar-refractivity contribution in [2.24, 2.45) is 0 Å². The number of amides is 4. The molecular formula is C18H27N5O4S. The molecule has 3 N–H and O–H groups in total. The maximum atomic E-state index is 12.7. The highest BCUT2D eigenvalue weighted by Gasteiger charge is 2.54. The Labute approximate surface area is 167 Å². The number of aliphatic hydroxyl groups is 1. The quantitative estimate of drug-likeness (QED) is 0.592. The maximum Gasteiger partial charge on any atom is 0.325 e. The highest BCUT2D eigenvalue weighted by atomic mass is 32.1. The fraction of sp³-hybridized carbons (Fsp3) is 0.722. The maximum absolute atomic E-state index is 12.7. The average Bonchev–Trinajstić information content (AvgIpc) is 3.35. The summed E-state index contributed by atoms with van der Waals surface area (Å²) >= 11 is 1.27. The third kappa shape index (κ3) is 3.75. The Balaban J connectivity index is 1.66. The van der Waals surface area contributed by atoms with Crippen LogP contribution in [0.1, 0.15) is 70.2 Å². The molecule has 4 amide bonds. The number of β-amino-alcohol motifs (C(OH)–C–C–N with tert-alkyl or cyclic N) is 1. The van der Waals surface area contributed by atoms with Crippen molar-refractivity contribution in [1.29, 1.82) is 0 Å². The number of aromatic nitrogens is 2. The second-order valence-corrected chi connectivity index (χ2v) is 8.81. The first kappa shape index (κ1) is 20.7. The fourth-order valence-corrected chi connectivity index (χ4v) is 4.84. The molecule has 1 unspecified atom stereocenters. The van der Waals surface area contributed by atoms with Gasteiger partial charge in [-0.05, 0) is 32.6 Å². The van der Waals surface area contributed by atoms with Crippen LogP contribution < -0.4 is 10.6 Å². The highest BCUT2D eigenvalue weighted by Crippen LogP contribution is 2.35. The molecule has 1 spiro atoms. The van der Waals surface area contributed by atoms with Gasteiger partial charge in [-0.3, -0.25) is 19.8 Å². The summed E-state index contributed by atoms with van der Waals surface area (Å²) in [6.07, 6.45) is 4.76. The summed E-state index contributed by atoms with van der Waals surface area (Å²) in [4.78, 5) is 38.5. The summed E-state index contributed by atoms with van der Waals surface area (Å²) in [5.74, 6) is -0.820. The Hall–Kier alpha value is -2.07. The lowest BCUT2D eigenvalue weighted by atomic mass is 9.97. The predicted molar refractivity (Wildman–Crippen MR) is 104 cm³/mol. The number of urea groups is 1. The summed E-state index contributed by atoms with van der Waals surface area (Å²) in [6.45, 7) is 5.00. The van der Waals surface area contributed by atoms with Gasteiger partial charge in [-0.2, -0.15) is 0 Å². The minimum absolute atomic E-state index is 0.275. The minimum Gasteiger partial charge on any atom is -0.378 e. The Morgan fingerprint density at radius 2 is 1.96 bits per heavy atom. The van der Waals surface area contributed by atoms with Crippen LogP contribution in [0.15, 0.2) is 0 Å². The van der Waals surface area contributed by atoms with Crippen LogP contribution in [0.4, 0.5) is 9.93 Å². The summed E-state index contributed by atoms with van der Waals surface area (Å²) in [7, 11) is 0. The van der Waals surface area contributed by atoms with Crippen LogP contribution >= 0.6 is 11.3 Å². The first-order chi connectivity index (χ1) is 13.2. The Kier molecular flexibility index (Phi) is 5.72. The molecule has 28 heavy (non-hydrogen) atoms. The lowest BCUT2D eigenvalue weighted by Crippen LogP contribution is -2.52. The third-order valence-electron chi connectivity index (χ3n) is 5.65. The van der Waals surface area contributed by atoms with E-state index in [0.717, 1.165) is 35.6 Å². The smallest absolute Gasteiger partial charge is 0.325 e. The van der Waals surface area contributed by atoms with Crippen LogP contribution in [0.5, 0.6) is 0 Å². The van der Waals surface area contributed by atoms with Gasteiger partial charge in [0, 0.05) is 5.92 Å². The van der Waals surface area contributed by atoms with Gasteiger partial charge in [0.2, 0.25) is 5.13 Å². The monoisotopic (exact) mass is 409 g/mol. The van der Waals surface area contributed by atoms with Crippen molar-refractivity contribution in [2.45, 2.75) is 76.4 Å². The third-order valence-corrected chi connectivity index (χ3v) is 6.66. The topological polar surface area (TPSA) is 125 Å². The number of nitrogens with zero attached hydrogens (tertiary/aromatic N) is 3. The summed E-state index contributed by atoms with van der Waals surface area (Å²) in [5.41, 5.74) is -2.81. The standard InChI is InChI=1S/C18H27N5O4S/c1-4-11(5-2)12-21-22-15(28-12)19-13(24)17(3,27)10-23-14(25)18(20-16(23)26)8-6-7-9-18/h11,27H,4-10H2,1-3H3,(H,20,26)(H,19,22,24). The number of imide groups is 1. The molecule has 1 saturated heterocycles. The van der Waals surface area contributed by atoms with E-state index < -0.39 is 29.6 Å². The van der Waals surface area contributed by atoms with Crippen LogP contribution in [0, 0.1) is 0 Å². The van der Waals surface area contributed by atoms with Crippen LogP contribution in [-0.4, -0.2) is 55.7 Å². The van der Waals surface area contributed by atoms with E-state index >= 15 is 0 Å². The van der Waals surface area contributed by atoms with Gasteiger partial charge in [0.05, 0.1) is 6.54 Å². The van der Waals surface area contributed by atoms with Crippen molar-refractivity contribution < 1.29 is 19.5 Å². The zero-order valence-electron chi connectivity index (χ0n) is 16.4. The number of anilines is 1. The van der Waals surface area contributed by atoms with E-state index in [9.17, 15) is 19.5 Å². The molecule has 1 saturated carbocycles. The van der Waals surface area contributed by atoms with Gasteiger partial charge in [-0.15, -0.1) is 10.2 Å². The second-order valence-electron chi connectivity index (χ2n) is 7.80. The van der Waals surface area contributed by atoms with E-state index in [2.05, 4.69) is 34.7 Å². The van der Waals surface area contributed by atoms with Gasteiger partial charge < -0.3 is 10.4 Å². The molecule has 1 aromatic rings. The lowest BCUT2D eigenvalue weighted by Gasteiger charge is -2.26. The summed E-state index contributed by atoms with van der Waals surface area (Å²) in [6, 6.07) is -0.563. The van der Waals surface area contributed by atoms with Crippen molar-refractivity contribution in [3.63, 3.8) is 0 Å². The molecule has 1 aromatic heterocycles. The van der Waals surface area contributed by atoms with Crippen molar-refractivity contribution in [3.05, 3.63) is 5.01 Å². The Morgan fingerprint density at radius 1 is 1.32 bits per heavy atom. The minimum atomic E-state index is -1.95. The van der Waals surface area contributed by atoms with Crippen molar-refractivity contribution >= 4 is 34.3 Å². The number of hydrogen-bond acceptors (Lipinski definition) is 7.